The topological polar surface area (TPSA) is 63.4 Å². The highest BCUT2D eigenvalue weighted by atomic mass is 79.9. The Morgan fingerprint density at radius 1 is 1.32 bits per heavy atom. The van der Waals surface area contributed by atoms with Crippen molar-refractivity contribution < 1.29 is 12.8 Å². The number of hydrogen-bond acceptors (Lipinski definition) is 3. The second kappa shape index (κ2) is 6.49. The molecule has 0 amide bonds. The van der Waals surface area contributed by atoms with E-state index in [0.717, 1.165) is 12.1 Å². The third-order valence-electron chi connectivity index (χ3n) is 3.01. The first kappa shape index (κ1) is 16.8. The Labute approximate surface area is 126 Å². The van der Waals surface area contributed by atoms with Crippen molar-refractivity contribution in [2.75, 3.05) is 13.1 Å². The summed E-state index contributed by atoms with van der Waals surface area (Å²) in [6, 6.07) is 3.65. The van der Waals surface area contributed by atoms with Gasteiger partial charge >= 0.3 is 0 Å². The zero-order valence-electron chi connectivity index (χ0n) is 10.1. The standard InChI is InChI=1S/C11H14BrFN2O2S.ClH/c12-10-7-8(13)1-2-11(10)18(16,17)15-5-3-9(14)4-6-15;/h1-2,7,9H,3-6,14H2;1H. The number of sulfonamides is 1. The Kier molecular flexibility index (Phi) is 5.76. The van der Waals surface area contributed by atoms with E-state index in [-0.39, 0.29) is 27.8 Å². The normalized spacial score (nSPS) is 18.1. The molecule has 1 heterocycles. The molecule has 1 aliphatic rings. The van der Waals surface area contributed by atoms with Crippen LogP contribution in [0.1, 0.15) is 12.8 Å². The van der Waals surface area contributed by atoms with Gasteiger partial charge in [-0.15, -0.1) is 12.4 Å². The Balaban J connectivity index is 0.00000180. The third kappa shape index (κ3) is 3.66. The van der Waals surface area contributed by atoms with Gasteiger partial charge < -0.3 is 5.73 Å². The molecule has 1 fully saturated rings. The lowest BCUT2D eigenvalue weighted by Gasteiger charge is -2.29. The molecule has 108 valence electrons. The molecule has 0 aliphatic carbocycles. The molecule has 0 atom stereocenters. The minimum atomic E-state index is -3.57. The molecular formula is C11H15BrClFN2O2S. The average Bonchev–Trinajstić information content (AvgIpc) is 2.29. The fraction of sp³-hybridized carbons (Fsp3) is 0.455. The maximum absolute atomic E-state index is 13.0. The summed E-state index contributed by atoms with van der Waals surface area (Å²) >= 11 is 3.09. The average molecular weight is 374 g/mol. The lowest BCUT2D eigenvalue weighted by molar-refractivity contribution is 0.320. The van der Waals surface area contributed by atoms with Gasteiger partial charge in [-0.25, -0.2) is 12.8 Å². The Bertz CT molecular complexity index is 548. The van der Waals surface area contributed by atoms with Gasteiger partial charge in [0, 0.05) is 23.6 Å². The first-order valence-corrected chi connectivity index (χ1v) is 7.85. The number of nitrogens with two attached hydrogens (primary N) is 1. The molecule has 4 nitrogen and oxygen atoms in total. The summed E-state index contributed by atoms with van der Waals surface area (Å²) in [5.41, 5.74) is 5.75. The van der Waals surface area contributed by atoms with E-state index in [2.05, 4.69) is 15.9 Å². The van der Waals surface area contributed by atoms with E-state index < -0.39 is 15.8 Å². The smallest absolute Gasteiger partial charge is 0.244 e. The van der Waals surface area contributed by atoms with Crippen LogP contribution in [0.4, 0.5) is 4.39 Å². The van der Waals surface area contributed by atoms with Crippen LogP contribution in [0.2, 0.25) is 0 Å². The largest absolute Gasteiger partial charge is 0.328 e. The summed E-state index contributed by atoms with van der Waals surface area (Å²) in [6.45, 7) is 0.820. The molecule has 0 spiro atoms. The van der Waals surface area contributed by atoms with Crippen LogP contribution in [0, 0.1) is 5.82 Å². The highest BCUT2D eigenvalue weighted by Gasteiger charge is 2.29. The molecule has 0 aromatic heterocycles. The van der Waals surface area contributed by atoms with Crippen LogP contribution < -0.4 is 5.73 Å². The molecule has 19 heavy (non-hydrogen) atoms. The molecule has 1 aliphatic heterocycles. The van der Waals surface area contributed by atoms with Crippen LogP contribution in [0.15, 0.2) is 27.6 Å². The summed E-state index contributed by atoms with van der Waals surface area (Å²) in [5, 5.41) is 0. The number of hydrogen-bond donors (Lipinski definition) is 1. The van der Waals surface area contributed by atoms with Crippen LogP contribution in [0.25, 0.3) is 0 Å². The van der Waals surface area contributed by atoms with Crippen LogP contribution in [0.5, 0.6) is 0 Å². The van der Waals surface area contributed by atoms with Crippen molar-refractivity contribution in [2.45, 2.75) is 23.8 Å². The molecule has 8 heteroatoms. The predicted octanol–water partition coefficient (Wildman–Crippen LogP) is 2.12. The Hall–Kier alpha value is -0.210. The maximum Gasteiger partial charge on any atom is 0.244 e. The summed E-state index contributed by atoms with van der Waals surface area (Å²) in [4.78, 5) is 0.0966. The summed E-state index contributed by atoms with van der Waals surface area (Å²) in [5.74, 6) is -0.471. The first-order valence-electron chi connectivity index (χ1n) is 5.62. The summed E-state index contributed by atoms with van der Waals surface area (Å²) in [7, 11) is -3.57. The van der Waals surface area contributed by atoms with Crippen LogP contribution in [0.3, 0.4) is 0 Å². The van der Waals surface area contributed by atoms with Gasteiger partial charge in [-0.3, -0.25) is 0 Å². The van der Waals surface area contributed by atoms with Gasteiger partial charge in [0.1, 0.15) is 5.82 Å². The zero-order valence-corrected chi connectivity index (χ0v) is 13.3. The van der Waals surface area contributed by atoms with Crippen LogP contribution >= 0.6 is 28.3 Å². The summed E-state index contributed by atoms with van der Waals surface area (Å²) < 4.78 is 39.3. The van der Waals surface area contributed by atoms with Gasteiger partial charge in [0.2, 0.25) is 10.0 Å². The molecule has 2 rings (SSSR count). The van der Waals surface area contributed by atoms with E-state index >= 15 is 0 Å². The minimum Gasteiger partial charge on any atom is -0.328 e. The van der Waals surface area contributed by atoms with Crippen molar-refractivity contribution in [2.24, 2.45) is 5.73 Å². The van der Waals surface area contributed by atoms with Gasteiger partial charge in [0.15, 0.2) is 0 Å². The second-order valence-electron chi connectivity index (χ2n) is 4.32. The third-order valence-corrected chi connectivity index (χ3v) is 5.89. The Morgan fingerprint density at radius 2 is 1.89 bits per heavy atom. The SMILES string of the molecule is Cl.NC1CCN(S(=O)(=O)c2ccc(F)cc2Br)CC1. The number of rotatable bonds is 2. The molecular weight excluding hydrogens is 359 g/mol. The monoisotopic (exact) mass is 372 g/mol. The van der Waals surface area contributed by atoms with Gasteiger partial charge in [0.05, 0.1) is 4.90 Å². The van der Waals surface area contributed by atoms with Crippen LogP contribution in [-0.4, -0.2) is 31.9 Å². The number of benzene rings is 1. The lowest BCUT2D eigenvalue weighted by atomic mass is 10.1. The van der Waals surface area contributed by atoms with E-state index in [9.17, 15) is 12.8 Å². The van der Waals surface area contributed by atoms with Gasteiger partial charge in [-0.05, 0) is 47.0 Å². The number of halogens is 3. The molecule has 0 radical (unpaired) electrons. The summed E-state index contributed by atoms with van der Waals surface area (Å²) in [6.07, 6.45) is 1.30. The van der Waals surface area contributed by atoms with Crippen molar-refractivity contribution in [3.8, 4) is 0 Å². The molecule has 0 bridgehead atoms. The second-order valence-corrected chi connectivity index (χ2v) is 7.08. The van der Waals surface area contributed by atoms with Crippen LogP contribution in [-0.2, 0) is 10.0 Å². The fourth-order valence-electron chi connectivity index (χ4n) is 1.94. The first-order chi connectivity index (χ1) is 8.41. The Morgan fingerprint density at radius 3 is 2.42 bits per heavy atom. The molecule has 0 unspecified atom stereocenters. The lowest BCUT2D eigenvalue weighted by Crippen LogP contribution is -2.42. The van der Waals surface area contributed by atoms with Crippen molar-refractivity contribution in [3.63, 3.8) is 0 Å². The molecule has 1 aromatic rings. The van der Waals surface area contributed by atoms with E-state index in [4.69, 9.17) is 5.73 Å². The van der Waals surface area contributed by atoms with Gasteiger partial charge in [-0.2, -0.15) is 4.31 Å². The van der Waals surface area contributed by atoms with E-state index in [1.165, 1.54) is 10.4 Å². The molecule has 2 N–H and O–H groups in total. The van der Waals surface area contributed by atoms with Gasteiger partial charge in [-0.1, -0.05) is 0 Å². The zero-order chi connectivity index (χ0) is 13.3. The predicted molar refractivity (Wildman–Crippen MR) is 77.3 cm³/mol. The van der Waals surface area contributed by atoms with Gasteiger partial charge in [0.25, 0.3) is 0 Å². The van der Waals surface area contributed by atoms with E-state index in [0.29, 0.717) is 25.9 Å². The number of nitrogens with zero attached hydrogens (tertiary/aromatic N) is 1. The fourth-order valence-corrected chi connectivity index (χ4v) is 4.42. The van der Waals surface area contributed by atoms with Crippen molar-refractivity contribution in [1.82, 2.24) is 4.31 Å². The van der Waals surface area contributed by atoms with Crippen molar-refractivity contribution in [3.05, 3.63) is 28.5 Å². The highest BCUT2D eigenvalue weighted by molar-refractivity contribution is 9.10. The van der Waals surface area contributed by atoms with Crippen molar-refractivity contribution >= 4 is 38.4 Å². The molecule has 1 saturated heterocycles. The maximum atomic E-state index is 13.0. The minimum absolute atomic E-state index is 0. The quantitative estimate of drug-likeness (QED) is 0.864. The highest BCUT2D eigenvalue weighted by Crippen LogP contribution is 2.27. The van der Waals surface area contributed by atoms with E-state index in [1.54, 1.807) is 0 Å². The molecule has 1 aromatic carbocycles. The number of piperidine rings is 1. The van der Waals surface area contributed by atoms with E-state index in [1.807, 2.05) is 0 Å². The van der Waals surface area contributed by atoms with Crippen molar-refractivity contribution in [1.29, 1.82) is 0 Å². The molecule has 0 saturated carbocycles.